The van der Waals surface area contributed by atoms with Crippen molar-refractivity contribution in [2.24, 2.45) is 0 Å². The van der Waals surface area contributed by atoms with Crippen LogP contribution in [0, 0.1) is 29.1 Å². The summed E-state index contributed by atoms with van der Waals surface area (Å²) in [5.41, 5.74) is -0.264. The first-order chi connectivity index (χ1) is 8.00. The Balaban J connectivity index is 2.73. The first-order valence-electron chi connectivity index (χ1n) is 4.70. The number of rotatable bonds is 1. The number of aromatic nitrogens is 2. The number of hydrogen-bond acceptors (Lipinski definition) is 2. The summed E-state index contributed by atoms with van der Waals surface area (Å²) in [6.07, 6.45) is 0.866. The zero-order valence-corrected chi connectivity index (χ0v) is 9.54. The molecule has 0 aliphatic heterocycles. The molecule has 0 atom stereocenters. The van der Waals surface area contributed by atoms with E-state index in [-0.39, 0.29) is 21.6 Å². The van der Waals surface area contributed by atoms with Gasteiger partial charge < -0.3 is 4.98 Å². The molecule has 6 heteroatoms. The highest BCUT2D eigenvalue weighted by molar-refractivity contribution is 7.71. The van der Waals surface area contributed by atoms with Crippen LogP contribution in [0.2, 0.25) is 0 Å². The van der Waals surface area contributed by atoms with Crippen LogP contribution in [0.5, 0.6) is 0 Å². The number of halogens is 3. The second-order valence-corrected chi connectivity index (χ2v) is 3.86. The molecule has 17 heavy (non-hydrogen) atoms. The number of aromatic amines is 1. The maximum Gasteiger partial charge on any atom is 0.197 e. The van der Waals surface area contributed by atoms with Crippen LogP contribution in [-0.2, 0) is 0 Å². The second kappa shape index (κ2) is 4.29. The van der Waals surface area contributed by atoms with Crippen LogP contribution >= 0.6 is 12.2 Å². The molecule has 0 aliphatic carbocycles. The van der Waals surface area contributed by atoms with E-state index >= 15 is 0 Å². The molecule has 2 aromatic rings. The molecular weight excluding hydrogens is 249 g/mol. The van der Waals surface area contributed by atoms with Crippen LogP contribution in [0.4, 0.5) is 13.2 Å². The molecule has 0 spiro atoms. The number of hydrogen-bond donors (Lipinski definition) is 1. The Morgan fingerprint density at radius 3 is 2.59 bits per heavy atom. The van der Waals surface area contributed by atoms with Gasteiger partial charge in [0.1, 0.15) is 0 Å². The van der Waals surface area contributed by atoms with E-state index < -0.39 is 17.5 Å². The molecule has 1 aromatic carbocycles. The summed E-state index contributed by atoms with van der Waals surface area (Å²) in [4.78, 5) is 5.90. The largest absolute Gasteiger partial charge is 0.328 e. The lowest BCUT2D eigenvalue weighted by Crippen LogP contribution is -1.98. The zero-order valence-electron chi connectivity index (χ0n) is 8.72. The van der Waals surface area contributed by atoms with Gasteiger partial charge in [-0.05, 0) is 30.8 Å². The zero-order chi connectivity index (χ0) is 12.6. The van der Waals surface area contributed by atoms with E-state index in [4.69, 9.17) is 12.2 Å². The Kier molecular flexibility index (Phi) is 2.97. The van der Waals surface area contributed by atoms with Gasteiger partial charge in [-0.2, -0.15) is 0 Å². The van der Waals surface area contributed by atoms with E-state index in [0.717, 1.165) is 6.20 Å². The SMILES string of the molecule is Cc1ccc(-c2[nH]c(=S)ncc2F)c(F)c1F. The Hall–Kier alpha value is -1.69. The summed E-state index contributed by atoms with van der Waals surface area (Å²) >= 11 is 4.71. The van der Waals surface area contributed by atoms with Crippen molar-refractivity contribution in [2.45, 2.75) is 6.92 Å². The first-order valence-corrected chi connectivity index (χ1v) is 5.11. The fourth-order valence-electron chi connectivity index (χ4n) is 1.41. The smallest absolute Gasteiger partial charge is 0.197 e. The molecule has 88 valence electrons. The first kappa shape index (κ1) is 11.8. The van der Waals surface area contributed by atoms with E-state index in [1.165, 1.54) is 19.1 Å². The molecule has 1 aromatic heterocycles. The molecule has 0 bridgehead atoms. The van der Waals surface area contributed by atoms with Crippen LogP contribution in [0.1, 0.15) is 5.56 Å². The Morgan fingerprint density at radius 1 is 1.18 bits per heavy atom. The molecule has 0 unspecified atom stereocenters. The summed E-state index contributed by atoms with van der Waals surface area (Å²) in [7, 11) is 0. The van der Waals surface area contributed by atoms with Crippen molar-refractivity contribution in [3.8, 4) is 11.3 Å². The normalized spacial score (nSPS) is 10.6. The van der Waals surface area contributed by atoms with Crippen molar-refractivity contribution >= 4 is 12.2 Å². The second-order valence-electron chi connectivity index (χ2n) is 3.47. The van der Waals surface area contributed by atoms with Crippen LogP contribution in [0.15, 0.2) is 18.3 Å². The number of nitrogens with one attached hydrogen (secondary N) is 1. The van der Waals surface area contributed by atoms with E-state index in [0.29, 0.717) is 0 Å². The highest BCUT2D eigenvalue weighted by atomic mass is 32.1. The summed E-state index contributed by atoms with van der Waals surface area (Å²) in [5, 5.41) is 0. The molecule has 1 N–H and O–H groups in total. The predicted molar refractivity (Wildman–Crippen MR) is 59.5 cm³/mol. The third kappa shape index (κ3) is 2.08. The fraction of sp³-hybridized carbons (Fsp3) is 0.0909. The number of aryl methyl sites for hydroxylation is 1. The minimum absolute atomic E-state index is 0.00165. The van der Waals surface area contributed by atoms with Crippen LogP contribution in [0.25, 0.3) is 11.3 Å². The Labute approximate surface area is 100 Å². The van der Waals surface area contributed by atoms with Gasteiger partial charge in [0, 0.05) is 5.56 Å². The lowest BCUT2D eigenvalue weighted by molar-refractivity contribution is 0.504. The Morgan fingerprint density at radius 2 is 1.88 bits per heavy atom. The number of H-pyrrole nitrogens is 1. The minimum Gasteiger partial charge on any atom is -0.328 e. The van der Waals surface area contributed by atoms with E-state index in [9.17, 15) is 13.2 Å². The molecule has 2 rings (SSSR count). The number of nitrogens with zero attached hydrogens (tertiary/aromatic N) is 1. The van der Waals surface area contributed by atoms with Gasteiger partial charge in [0.2, 0.25) is 0 Å². The van der Waals surface area contributed by atoms with Crippen molar-refractivity contribution in [3.05, 3.63) is 46.1 Å². The van der Waals surface area contributed by atoms with Crippen molar-refractivity contribution in [3.63, 3.8) is 0 Å². The van der Waals surface area contributed by atoms with Gasteiger partial charge in [-0.25, -0.2) is 18.2 Å². The molecular formula is C11H7F3N2S. The minimum atomic E-state index is -1.11. The van der Waals surface area contributed by atoms with Gasteiger partial charge in [-0.15, -0.1) is 0 Å². The van der Waals surface area contributed by atoms with Crippen molar-refractivity contribution in [1.29, 1.82) is 0 Å². The molecule has 2 nitrogen and oxygen atoms in total. The predicted octanol–water partition coefficient (Wildman–Crippen LogP) is 3.53. The van der Waals surface area contributed by atoms with Gasteiger partial charge in [-0.1, -0.05) is 6.07 Å². The molecule has 0 fully saturated rings. The van der Waals surface area contributed by atoms with Crippen molar-refractivity contribution in [1.82, 2.24) is 9.97 Å². The van der Waals surface area contributed by atoms with E-state index in [2.05, 4.69) is 9.97 Å². The maximum absolute atomic E-state index is 13.6. The topological polar surface area (TPSA) is 28.7 Å². The van der Waals surface area contributed by atoms with Crippen molar-refractivity contribution in [2.75, 3.05) is 0 Å². The van der Waals surface area contributed by atoms with E-state index in [1.54, 1.807) is 0 Å². The van der Waals surface area contributed by atoms with Crippen LogP contribution in [0.3, 0.4) is 0 Å². The lowest BCUT2D eigenvalue weighted by Gasteiger charge is -2.06. The third-order valence-corrected chi connectivity index (χ3v) is 2.52. The molecule has 1 heterocycles. The summed E-state index contributed by atoms with van der Waals surface area (Å²) in [5.74, 6) is -2.90. The maximum atomic E-state index is 13.6. The number of benzene rings is 1. The Bertz CT molecular complexity index is 637. The highest BCUT2D eigenvalue weighted by Crippen LogP contribution is 2.26. The van der Waals surface area contributed by atoms with E-state index in [1.807, 2.05) is 0 Å². The highest BCUT2D eigenvalue weighted by Gasteiger charge is 2.16. The summed E-state index contributed by atoms with van der Waals surface area (Å²) in [6, 6.07) is 2.65. The summed E-state index contributed by atoms with van der Waals surface area (Å²) in [6.45, 7) is 1.42. The van der Waals surface area contributed by atoms with Crippen LogP contribution in [-0.4, -0.2) is 9.97 Å². The van der Waals surface area contributed by atoms with Gasteiger partial charge in [0.25, 0.3) is 0 Å². The molecule has 0 aliphatic rings. The summed E-state index contributed by atoms with van der Waals surface area (Å²) < 4.78 is 40.4. The van der Waals surface area contributed by atoms with Gasteiger partial charge in [-0.3, -0.25) is 0 Å². The quantitative estimate of drug-likeness (QED) is 0.791. The average molecular weight is 256 g/mol. The van der Waals surface area contributed by atoms with Gasteiger partial charge >= 0.3 is 0 Å². The average Bonchev–Trinajstić information content (AvgIpc) is 2.30. The lowest BCUT2D eigenvalue weighted by atomic mass is 10.1. The third-order valence-electron chi connectivity index (χ3n) is 2.31. The van der Waals surface area contributed by atoms with Crippen molar-refractivity contribution < 1.29 is 13.2 Å². The van der Waals surface area contributed by atoms with Gasteiger partial charge in [0.05, 0.1) is 11.9 Å². The molecule has 0 amide bonds. The van der Waals surface area contributed by atoms with Gasteiger partial charge in [0.15, 0.2) is 22.2 Å². The monoisotopic (exact) mass is 256 g/mol. The standard InChI is InChI=1S/C11H7F3N2S/c1-5-2-3-6(9(14)8(5)13)10-7(12)4-15-11(17)16-10/h2-4H,1H3,(H,15,16,17). The van der Waals surface area contributed by atoms with Crippen LogP contribution < -0.4 is 0 Å². The molecule has 0 saturated carbocycles. The molecule has 0 radical (unpaired) electrons. The fourth-order valence-corrected chi connectivity index (χ4v) is 1.57. The molecule has 0 saturated heterocycles.